The highest BCUT2D eigenvalue weighted by atomic mass is 15.2. The summed E-state index contributed by atoms with van der Waals surface area (Å²) in [4.78, 5) is 6.56. The molecule has 0 aromatic heterocycles. The first-order chi connectivity index (χ1) is 5.14. The number of aliphatic imine (C=N–C) groups is 1. The molecule has 0 bridgehead atoms. The molecule has 2 nitrogen and oxygen atoms in total. The van der Waals surface area contributed by atoms with Crippen molar-refractivity contribution in [3.05, 3.63) is 0 Å². The Hall–Kier alpha value is -0.370. The quantitative estimate of drug-likeness (QED) is 0.563. The maximum atomic E-state index is 4.09. The summed E-state index contributed by atoms with van der Waals surface area (Å²) in [6.45, 7) is 11.4. The fraction of sp³-hybridized carbons (Fsp3) is 0.889. The van der Waals surface area contributed by atoms with Crippen molar-refractivity contribution >= 4 is 6.72 Å². The fourth-order valence-corrected chi connectivity index (χ4v) is 1.54. The van der Waals surface area contributed by atoms with E-state index in [1.54, 1.807) is 0 Å². The molecule has 0 unspecified atom stereocenters. The largest absolute Gasteiger partial charge is 0.301 e. The highest BCUT2D eigenvalue weighted by Gasteiger charge is 2.21. The zero-order chi connectivity index (χ0) is 8.32. The summed E-state index contributed by atoms with van der Waals surface area (Å²) in [5, 5.41) is 0. The van der Waals surface area contributed by atoms with E-state index >= 15 is 0 Å². The standard InChI is InChI=1S/C9H18N2/c1-9(2,10-3)8-11-6-4-5-7-11/h3-8H2,1-2H3. The van der Waals surface area contributed by atoms with E-state index in [0.717, 1.165) is 6.54 Å². The van der Waals surface area contributed by atoms with E-state index < -0.39 is 0 Å². The van der Waals surface area contributed by atoms with E-state index in [2.05, 4.69) is 30.5 Å². The second-order valence-electron chi connectivity index (χ2n) is 3.95. The Morgan fingerprint density at radius 1 is 1.36 bits per heavy atom. The predicted molar refractivity (Wildman–Crippen MR) is 49.3 cm³/mol. The smallest absolute Gasteiger partial charge is 0.0671 e. The Morgan fingerprint density at radius 2 is 1.91 bits per heavy atom. The summed E-state index contributed by atoms with van der Waals surface area (Å²) < 4.78 is 0. The highest BCUT2D eigenvalue weighted by molar-refractivity contribution is 5.25. The Balaban J connectivity index is 2.33. The van der Waals surface area contributed by atoms with Crippen molar-refractivity contribution in [1.82, 2.24) is 4.90 Å². The molecule has 11 heavy (non-hydrogen) atoms. The number of hydrogen-bond donors (Lipinski definition) is 0. The lowest BCUT2D eigenvalue weighted by molar-refractivity contribution is 0.274. The van der Waals surface area contributed by atoms with Crippen molar-refractivity contribution in [2.45, 2.75) is 32.2 Å². The summed E-state index contributed by atoms with van der Waals surface area (Å²) >= 11 is 0. The summed E-state index contributed by atoms with van der Waals surface area (Å²) in [5.41, 5.74) is 0.0460. The lowest BCUT2D eigenvalue weighted by Gasteiger charge is -2.25. The Morgan fingerprint density at radius 3 is 2.36 bits per heavy atom. The van der Waals surface area contributed by atoms with Gasteiger partial charge in [0.05, 0.1) is 5.54 Å². The first-order valence-corrected chi connectivity index (χ1v) is 4.34. The van der Waals surface area contributed by atoms with Gasteiger partial charge in [-0.05, 0) is 46.5 Å². The summed E-state index contributed by atoms with van der Waals surface area (Å²) in [6.07, 6.45) is 2.71. The average molecular weight is 154 g/mol. The van der Waals surface area contributed by atoms with Gasteiger partial charge in [0, 0.05) is 6.54 Å². The zero-order valence-corrected chi connectivity index (χ0v) is 7.64. The Kier molecular flexibility index (Phi) is 2.66. The van der Waals surface area contributed by atoms with E-state index in [1.807, 2.05) is 0 Å². The number of rotatable bonds is 3. The van der Waals surface area contributed by atoms with Gasteiger partial charge in [0.1, 0.15) is 0 Å². The Bertz CT molecular complexity index is 134. The van der Waals surface area contributed by atoms with Crippen molar-refractivity contribution < 1.29 is 0 Å². The summed E-state index contributed by atoms with van der Waals surface area (Å²) in [7, 11) is 0. The van der Waals surface area contributed by atoms with E-state index in [1.165, 1.54) is 25.9 Å². The molecule has 0 atom stereocenters. The second kappa shape index (κ2) is 3.35. The molecule has 0 spiro atoms. The monoisotopic (exact) mass is 154 g/mol. The molecule has 1 fully saturated rings. The van der Waals surface area contributed by atoms with Crippen molar-refractivity contribution in [2.24, 2.45) is 4.99 Å². The lowest BCUT2D eigenvalue weighted by atomic mass is 10.1. The van der Waals surface area contributed by atoms with Gasteiger partial charge < -0.3 is 4.90 Å². The first kappa shape index (κ1) is 8.72. The lowest BCUT2D eigenvalue weighted by Crippen LogP contribution is -2.35. The van der Waals surface area contributed by atoms with Crippen LogP contribution in [0.25, 0.3) is 0 Å². The normalized spacial score (nSPS) is 20.5. The molecule has 1 aliphatic heterocycles. The minimum Gasteiger partial charge on any atom is -0.301 e. The number of hydrogen-bond acceptors (Lipinski definition) is 2. The van der Waals surface area contributed by atoms with E-state index in [0.29, 0.717) is 0 Å². The minimum absolute atomic E-state index is 0.0460. The molecule has 1 rings (SSSR count). The maximum Gasteiger partial charge on any atom is 0.0671 e. The van der Waals surface area contributed by atoms with Crippen LogP contribution < -0.4 is 0 Å². The van der Waals surface area contributed by atoms with Crippen LogP contribution in [0.15, 0.2) is 4.99 Å². The molecule has 1 heterocycles. The molecule has 0 amide bonds. The molecule has 0 saturated carbocycles. The molecule has 0 aromatic carbocycles. The predicted octanol–water partition coefficient (Wildman–Crippen LogP) is 1.56. The molecule has 64 valence electrons. The van der Waals surface area contributed by atoms with Crippen molar-refractivity contribution in [3.63, 3.8) is 0 Å². The van der Waals surface area contributed by atoms with Gasteiger partial charge in [0.2, 0.25) is 0 Å². The highest BCUT2D eigenvalue weighted by Crippen LogP contribution is 2.15. The molecule has 0 radical (unpaired) electrons. The van der Waals surface area contributed by atoms with Gasteiger partial charge in [-0.1, -0.05) is 0 Å². The average Bonchev–Trinajstić information content (AvgIpc) is 2.39. The first-order valence-electron chi connectivity index (χ1n) is 4.34. The van der Waals surface area contributed by atoms with E-state index in [9.17, 15) is 0 Å². The van der Waals surface area contributed by atoms with Gasteiger partial charge in [0.25, 0.3) is 0 Å². The molecule has 0 aromatic rings. The van der Waals surface area contributed by atoms with E-state index in [-0.39, 0.29) is 5.54 Å². The third-order valence-corrected chi connectivity index (χ3v) is 2.24. The third kappa shape index (κ3) is 2.62. The van der Waals surface area contributed by atoms with Crippen LogP contribution in [0.3, 0.4) is 0 Å². The SMILES string of the molecule is C=NC(C)(C)CN1CCCC1. The minimum atomic E-state index is 0.0460. The Labute approximate surface area is 69.3 Å². The molecule has 2 heteroatoms. The van der Waals surface area contributed by atoms with Gasteiger partial charge in [-0.15, -0.1) is 0 Å². The molecule has 1 saturated heterocycles. The van der Waals surface area contributed by atoms with Crippen LogP contribution in [-0.4, -0.2) is 36.8 Å². The van der Waals surface area contributed by atoms with Crippen LogP contribution in [0, 0.1) is 0 Å². The zero-order valence-electron chi connectivity index (χ0n) is 7.64. The summed E-state index contributed by atoms with van der Waals surface area (Å²) in [6, 6.07) is 0. The third-order valence-electron chi connectivity index (χ3n) is 2.24. The van der Waals surface area contributed by atoms with E-state index in [4.69, 9.17) is 0 Å². The van der Waals surface area contributed by atoms with Crippen LogP contribution in [0.1, 0.15) is 26.7 Å². The van der Waals surface area contributed by atoms with Gasteiger partial charge in [-0.3, -0.25) is 4.99 Å². The van der Waals surface area contributed by atoms with Gasteiger partial charge in [-0.2, -0.15) is 0 Å². The molecular formula is C9H18N2. The van der Waals surface area contributed by atoms with Gasteiger partial charge in [-0.25, -0.2) is 0 Å². The van der Waals surface area contributed by atoms with Crippen LogP contribution >= 0.6 is 0 Å². The van der Waals surface area contributed by atoms with Gasteiger partial charge in [0.15, 0.2) is 0 Å². The van der Waals surface area contributed by atoms with Crippen molar-refractivity contribution in [3.8, 4) is 0 Å². The number of likely N-dealkylation sites (tertiary alicyclic amines) is 1. The molecule has 0 N–H and O–H groups in total. The number of nitrogens with zero attached hydrogens (tertiary/aromatic N) is 2. The van der Waals surface area contributed by atoms with Crippen LogP contribution in [0.2, 0.25) is 0 Å². The van der Waals surface area contributed by atoms with Crippen LogP contribution in [0.4, 0.5) is 0 Å². The fourth-order valence-electron chi connectivity index (χ4n) is 1.54. The van der Waals surface area contributed by atoms with Crippen molar-refractivity contribution in [1.29, 1.82) is 0 Å². The topological polar surface area (TPSA) is 15.6 Å². The van der Waals surface area contributed by atoms with Gasteiger partial charge >= 0.3 is 0 Å². The van der Waals surface area contributed by atoms with Crippen LogP contribution in [0.5, 0.6) is 0 Å². The van der Waals surface area contributed by atoms with Crippen LogP contribution in [-0.2, 0) is 0 Å². The molecular weight excluding hydrogens is 136 g/mol. The molecule has 1 aliphatic rings. The molecule has 0 aliphatic carbocycles. The van der Waals surface area contributed by atoms with Crippen molar-refractivity contribution in [2.75, 3.05) is 19.6 Å². The summed E-state index contributed by atoms with van der Waals surface area (Å²) in [5.74, 6) is 0. The second-order valence-corrected chi connectivity index (χ2v) is 3.95. The maximum absolute atomic E-state index is 4.09.